The molecule has 0 aliphatic rings. The Morgan fingerprint density at radius 1 is 1.78 bits per heavy atom. The van der Waals surface area contributed by atoms with E-state index in [4.69, 9.17) is 5.73 Å². The summed E-state index contributed by atoms with van der Waals surface area (Å²) in [5.41, 5.74) is 5.66. The highest BCUT2D eigenvalue weighted by molar-refractivity contribution is 4.77. The van der Waals surface area contributed by atoms with E-state index in [0.717, 1.165) is 6.42 Å². The Morgan fingerprint density at radius 2 is 2.56 bits per heavy atom. The van der Waals surface area contributed by atoms with Gasteiger partial charge in [0.25, 0.3) is 0 Å². The molecular weight excluding hydrogens is 114 g/mol. The number of nitrogens with two attached hydrogens (primary N) is 1. The molecule has 1 rings (SSSR count). The Kier molecular flexibility index (Phi) is 1.85. The monoisotopic (exact) mass is 125 g/mol. The van der Waals surface area contributed by atoms with Crippen LogP contribution in [-0.4, -0.2) is 9.55 Å². The van der Waals surface area contributed by atoms with Crippen LogP contribution in [0.5, 0.6) is 0 Å². The lowest BCUT2D eigenvalue weighted by Gasteiger charge is -2.08. The van der Waals surface area contributed by atoms with Gasteiger partial charge in [0.05, 0.1) is 12.5 Å². The van der Waals surface area contributed by atoms with Gasteiger partial charge in [-0.25, -0.2) is 4.98 Å². The fraction of sp³-hybridized carbons (Fsp3) is 0.500. The Labute approximate surface area is 54.5 Å². The van der Waals surface area contributed by atoms with Crippen molar-refractivity contribution < 1.29 is 0 Å². The van der Waals surface area contributed by atoms with E-state index in [1.165, 1.54) is 0 Å². The Hall–Kier alpha value is -0.830. The van der Waals surface area contributed by atoms with Crippen LogP contribution >= 0.6 is 0 Å². The smallest absolute Gasteiger partial charge is 0.0959 e. The zero-order valence-corrected chi connectivity index (χ0v) is 5.49. The van der Waals surface area contributed by atoms with Gasteiger partial charge < -0.3 is 10.3 Å². The van der Waals surface area contributed by atoms with Gasteiger partial charge in [0.1, 0.15) is 0 Å². The minimum atomic E-state index is 0.0903. The summed E-state index contributed by atoms with van der Waals surface area (Å²) in [6, 6.07) is 0. The molecule has 3 nitrogen and oxygen atoms in total. The van der Waals surface area contributed by atoms with Crippen molar-refractivity contribution >= 4 is 0 Å². The van der Waals surface area contributed by atoms with Crippen LogP contribution in [0.25, 0.3) is 0 Å². The average Bonchev–Trinajstić information content (AvgIpc) is 2.37. The maximum Gasteiger partial charge on any atom is 0.0959 e. The molecule has 1 unspecified atom stereocenters. The molecule has 0 aliphatic heterocycles. The second-order valence-electron chi connectivity index (χ2n) is 1.99. The minimum absolute atomic E-state index is 0.0903. The van der Waals surface area contributed by atoms with Crippen molar-refractivity contribution in [3.63, 3.8) is 0 Å². The first-order valence-corrected chi connectivity index (χ1v) is 3.07. The summed E-state index contributed by atoms with van der Waals surface area (Å²) in [5.74, 6) is 0. The topological polar surface area (TPSA) is 43.8 Å². The zero-order chi connectivity index (χ0) is 6.69. The van der Waals surface area contributed by atoms with Crippen LogP contribution in [-0.2, 0) is 0 Å². The van der Waals surface area contributed by atoms with E-state index in [1.54, 1.807) is 12.5 Å². The Balaban J connectivity index is 2.65. The Morgan fingerprint density at radius 3 is 3.00 bits per heavy atom. The predicted molar refractivity (Wildman–Crippen MR) is 35.7 cm³/mol. The van der Waals surface area contributed by atoms with Crippen LogP contribution in [0.15, 0.2) is 18.7 Å². The number of hydrogen-bond donors (Lipinski definition) is 1. The molecule has 0 bridgehead atoms. The molecule has 0 saturated carbocycles. The lowest BCUT2D eigenvalue weighted by molar-refractivity contribution is 0.505. The lowest BCUT2D eigenvalue weighted by Crippen LogP contribution is -2.15. The van der Waals surface area contributed by atoms with Crippen molar-refractivity contribution in [1.82, 2.24) is 9.55 Å². The number of aromatic nitrogens is 2. The molecule has 0 aromatic carbocycles. The number of nitrogens with zero attached hydrogens (tertiary/aromatic N) is 2. The van der Waals surface area contributed by atoms with Crippen LogP contribution in [0.1, 0.15) is 19.5 Å². The standard InChI is InChI=1S/C6H11N3/c1-2-6(7)9-4-3-8-5-9/h3-6H,2,7H2,1H3. The van der Waals surface area contributed by atoms with Crippen molar-refractivity contribution in [3.8, 4) is 0 Å². The number of imidazole rings is 1. The van der Waals surface area contributed by atoms with Crippen LogP contribution in [0.2, 0.25) is 0 Å². The van der Waals surface area contributed by atoms with E-state index in [0.29, 0.717) is 0 Å². The third-order valence-electron chi connectivity index (χ3n) is 1.33. The Bertz CT molecular complexity index is 157. The lowest BCUT2D eigenvalue weighted by atomic mass is 10.4. The molecule has 3 heteroatoms. The van der Waals surface area contributed by atoms with Crippen LogP contribution in [0.4, 0.5) is 0 Å². The van der Waals surface area contributed by atoms with Gasteiger partial charge in [0.2, 0.25) is 0 Å². The van der Waals surface area contributed by atoms with Crippen molar-refractivity contribution in [3.05, 3.63) is 18.7 Å². The van der Waals surface area contributed by atoms with Gasteiger partial charge in [0, 0.05) is 12.4 Å². The van der Waals surface area contributed by atoms with E-state index >= 15 is 0 Å². The molecule has 1 aromatic rings. The summed E-state index contributed by atoms with van der Waals surface area (Å²) in [4.78, 5) is 3.87. The largest absolute Gasteiger partial charge is 0.322 e. The third-order valence-corrected chi connectivity index (χ3v) is 1.33. The predicted octanol–water partition coefficient (Wildman–Crippen LogP) is 0.750. The second kappa shape index (κ2) is 2.64. The first-order valence-electron chi connectivity index (χ1n) is 3.07. The molecule has 0 aliphatic carbocycles. The van der Waals surface area contributed by atoms with Crippen LogP contribution < -0.4 is 5.73 Å². The molecule has 0 amide bonds. The highest BCUT2D eigenvalue weighted by atomic mass is 15.1. The van der Waals surface area contributed by atoms with Gasteiger partial charge in [-0.05, 0) is 6.42 Å². The molecule has 0 spiro atoms. The maximum absolute atomic E-state index is 5.66. The molecule has 50 valence electrons. The molecule has 1 heterocycles. The first kappa shape index (κ1) is 6.29. The van der Waals surface area contributed by atoms with Crippen LogP contribution in [0, 0.1) is 0 Å². The normalized spacial score (nSPS) is 13.6. The molecule has 1 aromatic heterocycles. The van der Waals surface area contributed by atoms with Crippen molar-refractivity contribution in [2.45, 2.75) is 19.5 Å². The van der Waals surface area contributed by atoms with Crippen LogP contribution in [0.3, 0.4) is 0 Å². The molecule has 9 heavy (non-hydrogen) atoms. The van der Waals surface area contributed by atoms with Gasteiger partial charge >= 0.3 is 0 Å². The summed E-state index contributed by atoms with van der Waals surface area (Å²) in [6.07, 6.45) is 6.36. The fourth-order valence-electron chi connectivity index (χ4n) is 0.676. The second-order valence-corrected chi connectivity index (χ2v) is 1.99. The van der Waals surface area contributed by atoms with E-state index in [-0.39, 0.29) is 6.17 Å². The maximum atomic E-state index is 5.66. The van der Waals surface area contributed by atoms with Gasteiger partial charge in [-0.1, -0.05) is 6.92 Å². The molecule has 0 fully saturated rings. The summed E-state index contributed by atoms with van der Waals surface area (Å²) >= 11 is 0. The summed E-state index contributed by atoms with van der Waals surface area (Å²) < 4.78 is 1.89. The van der Waals surface area contributed by atoms with E-state index in [1.807, 2.05) is 17.7 Å². The quantitative estimate of drug-likeness (QED) is 0.633. The number of rotatable bonds is 2. The third kappa shape index (κ3) is 1.29. The molecule has 1 atom stereocenters. The van der Waals surface area contributed by atoms with Crippen molar-refractivity contribution in [1.29, 1.82) is 0 Å². The highest BCUT2D eigenvalue weighted by Gasteiger charge is 1.97. The van der Waals surface area contributed by atoms with E-state index in [9.17, 15) is 0 Å². The van der Waals surface area contributed by atoms with Gasteiger partial charge in [-0.3, -0.25) is 0 Å². The van der Waals surface area contributed by atoms with Gasteiger partial charge in [-0.15, -0.1) is 0 Å². The fourth-order valence-corrected chi connectivity index (χ4v) is 0.676. The summed E-state index contributed by atoms with van der Waals surface area (Å²) in [6.45, 7) is 2.05. The molecule has 0 saturated heterocycles. The number of hydrogen-bond acceptors (Lipinski definition) is 2. The summed E-state index contributed by atoms with van der Waals surface area (Å²) in [5, 5.41) is 0. The summed E-state index contributed by atoms with van der Waals surface area (Å²) in [7, 11) is 0. The average molecular weight is 125 g/mol. The molecular formula is C6H11N3. The first-order chi connectivity index (χ1) is 4.34. The van der Waals surface area contributed by atoms with E-state index in [2.05, 4.69) is 4.98 Å². The zero-order valence-electron chi connectivity index (χ0n) is 5.49. The van der Waals surface area contributed by atoms with Gasteiger partial charge in [-0.2, -0.15) is 0 Å². The minimum Gasteiger partial charge on any atom is -0.322 e. The van der Waals surface area contributed by atoms with Gasteiger partial charge in [0.15, 0.2) is 0 Å². The molecule has 2 N–H and O–H groups in total. The van der Waals surface area contributed by atoms with Crippen molar-refractivity contribution in [2.24, 2.45) is 5.73 Å². The highest BCUT2D eigenvalue weighted by Crippen LogP contribution is 2.00. The van der Waals surface area contributed by atoms with E-state index < -0.39 is 0 Å². The molecule has 0 radical (unpaired) electrons. The van der Waals surface area contributed by atoms with Crippen molar-refractivity contribution in [2.75, 3.05) is 0 Å². The SMILES string of the molecule is CCC(N)n1ccnc1.